The normalized spacial score (nSPS) is 11.0. The first-order valence-corrected chi connectivity index (χ1v) is 11.8. The van der Waals surface area contributed by atoms with Gasteiger partial charge < -0.3 is 10.5 Å². The van der Waals surface area contributed by atoms with Gasteiger partial charge in [0.05, 0.1) is 17.9 Å². The van der Waals surface area contributed by atoms with Crippen molar-refractivity contribution in [1.29, 1.82) is 0 Å². The highest BCUT2D eigenvalue weighted by Crippen LogP contribution is 2.23. The van der Waals surface area contributed by atoms with Gasteiger partial charge in [-0.25, -0.2) is 14.0 Å². The van der Waals surface area contributed by atoms with Crippen molar-refractivity contribution in [3.63, 3.8) is 0 Å². The van der Waals surface area contributed by atoms with Crippen molar-refractivity contribution in [3.05, 3.63) is 92.3 Å². The van der Waals surface area contributed by atoms with E-state index in [2.05, 4.69) is 27.4 Å². The average Bonchev–Trinajstić information content (AvgIpc) is 3.41. The summed E-state index contributed by atoms with van der Waals surface area (Å²) >= 11 is 17.9. The van der Waals surface area contributed by atoms with E-state index in [1.807, 2.05) is 35.8 Å². The Kier molecular flexibility index (Phi) is 7.41. The summed E-state index contributed by atoms with van der Waals surface area (Å²) in [6, 6.07) is 8.93. The quantitative estimate of drug-likeness (QED) is 0.191. The lowest BCUT2D eigenvalue weighted by atomic mass is 10.2. The minimum Gasteiger partial charge on any atom is -0.619 e. The molecule has 0 radical (unpaired) electrons. The van der Waals surface area contributed by atoms with E-state index in [1.165, 1.54) is 12.4 Å². The summed E-state index contributed by atoms with van der Waals surface area (Å²) < 4.78 is 4.19. The Balaban J connectivity index is 0.000000180. The van der Waals surface area contributed by atoms with Gasteiger partial charge in [0.1, 0.15) is 16.1 Å². The van der Waals surface area contributed by atoms with Crippen LogP contribution < -0.4 is 10.0 Å². The van der Waals surface area contributed by atoms with Gasteiger partial charge >= 0.3 is 0 Å². The van der Waals surface area contributed by atoms with E-state index >= 15 is 0 Å². The van der Waals surface area contributed by atoms with Gasteiger partial charge in [0, 0.05) is 34.8 Å². The van der Waals surface area contributed by atoms with Crippen molar-refractivity contribution >= 4 is 51.8 Å². The molecule has 0 spiro atoms. The van der Waals surface area contributed by atoms with E-state index in [0.717, 1.165) is 51.2 Å². The van der Waals surface area contributed by atoms with Crippen LogP contribution in [0.2, 0.25) is 15.3 Å². The van der Waals surface area contributed by atoms with Crippen LogP contribution in [0.25, 0.3) is 11.2 Å². The number of halogens is 3. The van der Waals surface area contributed by atoms with E-state index in [0.29, 0.717) is 21.9 Å². The maximum absolute atomic E-state index is 11.3. The standard InChI is InChI=1S/C15H15ClN4O.C8H7Cl2N3/c1-2-12-9-18-20-14(12)6-13(16)7-15(20)17-8-11-4-3-5-19(21)10-11;1-2-5-4-11-13-7(10)3-6(9)12-8(5)13/h3-7,9-10,17H,2,8H2,1H3;3-4H,2H2,1H3. The minimum absolute atomic E-state index is 0.396. The van der Waals surface area contributed by atoms with E-state index in [1.54, 1.807) is 22.8 Å². The van der Waals surface area contributed by atoms with Gasteiger partial charge in [-0.15, -0.1) is 0 Å². The van der Waals surface area contributed by atoms with E-state index in [-0.39, 0.29) is 0 Å². The summed E-state index contributed by atoms with van der Waals surface area (Å²) in [5.41, 5.74) is 4.82. The number of anilines is 1. The number of fused-ring (bicyclic) bond motifs is 2. The molecule has 5 aromatic heterocycles. The molecule has 0 aromatic carbocycles. The lowest BCUT2D eigenvalue weighted by Crippen LogP contribution is -2.25. The van der Waals surface area contributed by atoms with Gasteiger partial charge in [-0.2, -0.15) is 14.9 Å². The summed E-state index contributed by atoms with van der Waals surface area (Å²) in [6.07, 6.45) is 8.37. The number of nitrogens with zero attached hydrogens (tertiary/aromatic N) is 6. The molecule has 8 nitrogen and oxygen atoms in total. The second-order valence-corrected chi connectivity index (χ2v) is 8.68. The van der Waals surface area contributed by atoms with Crippen LogP contribution in [-0.4, -0.2) is 24.2 Å². The topological polar surface area (TPSA) is 86.5 Å². The molecule has 0 aliphatic rings. The van der Waals surface area contributed by atoms with Crippen LogP contribution in [0.1, 0.15) is 30.5 Å². The maximum Gasteiger partial charge on any atom is 0.185 e. The van der Waals surface area contributed by atoms with E-state index in [9.17, 15) is 5.21 Å². The van der Waals surface area contributed by atoms with Crippen molar-refractivity contribution < 1.29 is 4.73 Å². The zero-order chi connectivity index (χ0) is 24.2. The van der Waals surface area contributed by atoms with Crippen molar-refractivity contribution in [2.45, 2.75) is 33.2 Å². The van der Waals surface area contributed by atoms with Gasteiger partial charge in [0.25, 0.3) is 0 Å². The van der Waals surface area contributed by atoms with Crippen LogP contribution in [0.4, 0.5) is 5.82 Å². The van der Waals surface area contributed by atoms with Crippen molar-refractivity contribution in [2.75, 3.05) is 5.32 Å². The van der Waals surface area contributed by atoms with Gasteiger partial charge in [-0.3, -0.25) is 0 Å². The molecule has 0 aliphatic carbocycles. The highest BCUT2D eigenvalue weighted by molar-refractivity contribution is 6.33. The van der Waals surface area contributed by atoms with Gasteiger partial charge in [-0.1, -0.05) is 48.7 Å². The number of aromatic nitrogens is 6. The molecular weight excluding hydrogens is 497 g/mol. The Hall–Kier alpha value is -3.07. The molecule has 0 bridgehead atoms. The third-order valence-corrected chi connectivity index (χ3v) is 5.89. The zero-order valence-electron chi connectivity index (χ0n) is 18.5. The largest absolute Gasteiger partial charge is 0.619 e. The number of pyridine rings is 2. The first-order valence-electron chi connectivity index (χ1n) is 10.7. The Morgan fingerprint density at radius 3 is 2.47 bits per heavy atom. The molecule has 0 amide bonds. The van der Waals surface area contributed by atoms with Crippen molar-refractivity contribution in [2.24, 2.45) is 0 Å². The van der Waals surface area contributed by atoms with Crippen LogP contribution in [0.5, 0.6) is 0 Å². The average molecular weight is 519 g/mol. The molecule has 0 saturated carbocycles. The number of rotatable bonds is 5. The molecule has 34 heavy (non-hydrogen) atoms. The van der Waals surface area contributed by atoms with Crippen LogP contribution in [0.15, 0.2) is 55.1 Å². The third-order valence-electron chi connectivity index (χ3n) is 5.21. The maximum atomic E-state index is 11.3. The smallest absolute Gasteiger partial charge is 0.185 e. The van der Waals surface area contributed by atoms with Crippen molar-refractivity contribution in [1.82, 2.24) is 24.2 Å². The van der Waals surface area contributed by atoms with Gasteiger partial charge in [-0.05, 0) is 36.6 Å². The highest BCUT2D eigenvalue weighted by Gasteiger charge is 2.09. The van der Waals surface area contributed by atoms with E-state index in [4.69, 9.17) is 34.8 Å². The Bertz CT molecular complexity index is 1450. The lowest BCUT2D eigenvalue weighted by molar-refractivity contribution is -0.605. The molecule has 1 N–H and O–H groups in total. The second kappa shape index (κ2) is 10.5. The molecule has 0 saturated heterocycles. The zero-order valence-corrected chi connectivity index (χ0v) is 20.8. The van der Waals surface area contributed by atoms with Crippen LogP contribution in [0, 0.1) is 5.21 Å². The number of hydrogen-bond donors (Lipinski definition) is 1. The Morgan fingerprint density at radius 2 is 1.74 bits per heavy atom. The first kappa shape index (κ1) is 24.1. The fourth-order valence-corrected chi connectivity index (χ4v) is 4.16. The lowest BCUT2D eigenvalue weighted by Gasteiger charge is -2.09. The summed E-state index contributed by atoms with van der Waals surface area (Å²) in [7, 11) is 0. The molecule has 5 aromatic rings. The Labute approximate surface area is 211 Å². The Morgan fingerprint density at radius 1 is 1.00 bits per heavy atom. The predicted molar refractivity (Wildman–Crippen MR) is 135 cm³/mol. The summed E-state index contributed by atoms with van der Waals surface area (Å²) in [4.78, 5) is 4.15. The number of nitrogens with one attached hydrogen (secondary N) is 1. The monoisotopic (exact) mass is 517 g/mol. The number of hydrogen-bond acceptors (Lipinski definition) is 5. The molecule has 0 atom stereocenters. The third kappa shape index (κ3) is 5.19. The first-order chi connectivity index (χ1) is 16.4. The molecular formula is C23H22Cl3N7O. The number of aryl methyl sites for hydroxylation is 2. The molecule has 5 heterocycles. The minimum atomic E-state index is 0.396. The second-order valence-electron chi connectivity index (χ2n) is 7.47. The molecule has 11 heteroatoms. The summed E-state index contributed by atoms with van der Waals surface area (Å²) in [5, 5.41) is 24.6. The van der Waals surface area contributed by atoms with Gasteiger partial charge in [0.2, 0.25) is 0 Å². The van der Waals surface area contributed by atoms with Gasteiger partial charge in [0.15, 0.2) is 18.0 Å². The molecule has 5 rings (SSSR count). The fraction of sp³-hybridized carbons (Fsp3) is 0.217. The highest BCUT2D eigenvalue weighted by atomic mass is 35.5. The van der Waals surface area contributed by atoms with Crippen LogP contribution >= 0.6 is 34.8 Å². The summed E-state index contributed by atoms with van der Waals surface area (Å²) in [5.74, 6) is 0.804. The summed E-state index contributed by atoms with van der Waals surface area (Å²) in [6.45, 7) is 4.65. The van der Waals surface area contributed by atoms with E-state index < -0.39 is 0 Å². The van der Waals surface area contributed by atoms with Crippen LogP contribution in [0.3, 0.4) is 0 Å². The van der Waals surface area contributed by atoms with Crippen molar-refractivity contribution in [3.8, 4) is 0 Å². The molecule has 0 unspecified atom stereocenters. The molecule has 176 valence electrons. The molecule has 0 aliphatic heterocycles. The fourth-order valence-electron chi connectivity index (χ4n) is 3.49. The predicted octanol–water partition coefficient (Wildman–Crippen LogP) is 5.39. The molecule has 0 fully saturated rings. The SMILES string of the molecule is CCc1cnn2c(Cl)cc(Cl)nc12.CCc1cnn2c(NCc3ccc[n+]([O-])c3)cc(Cl)cc12. The van der Waals surface area contributed by atoms with Crippen LogP contribution in [-0.2, 0) is 19.4 Å².